The number of carbonyl (C=O) groups excluding carboxylic acids is 1. The molecule has 0 N–H and O–H groups in total. The van der Waals surface area contributed by atoms with Crippen LogP contribution >= 0.6 is 51.5 Å². The van der Waals surface area contributed by atoms with Crippen LogP contribution in [0.5, 0.6) is 0 Å². The maximum absolute atomic E-state index is 12.7. The second-order valence-corrected chi connectivity index (χ2v) is 8.40. The summed E-state index contributed by atoms with van der Waals surface area (Å²) in [5.74, 6) is -0.248. The van der Waals surface area contributed by atoms with Crippen LogP contribution in [0.1, 0.15) is 5.56 Å². The van der Waals surface area contributed by atoms with E-state index in [-0.39, 0.29) is 11.6 Å². The van der Waals surface area contributed by atoms with Gasteiger partial charge in [-0.3, -0.25) is 19.8 Å². The third-order valence-electron chi connectivity index (χ3n) is 3.56. The Hall–Kier alpha value is -2.00. The molecule has 1 heterocycles. The van der Waals surface area contributed by atoms with Gasteiger partial charge >= 0.3 is 0 Å². The summed E-state index contributed by atoms with van der Waals surface area (Å²) in [6.45, 7) is 0. The third-order valence-corrected chi connectivity index (χ3v) is 5.61. The number of thioether (sulfide) groups is 1. The zero-order chi connectivity index (χ0) is 19.6. The number of nitrogens with zero attached hydrogens (tertiary/aromatic N) is 2. The van der Waals surface area contributed by atoms with Crippen molar-refractivity contribution in [3.8, 4) is 0 Å². The number of allylic oxidation sites excluding steroid dienone is 2. The van der Waals surface area contributed by atoms with Gasteiger partial charge in [-0.15, -0.1) is 0 Å². The molecule has 5 nitrogen and oxygen atoms in total. The molecule has 0 saturated carbocycles. The molecule has 0 spiro atoms. The third kappa shape index (κ3) is 4.65. The minimum Gasteiger partial charge on any atom is -0.268 e. The zero-order valence-corrected chi connectivity index (χ0v) is 17.4. The molecule has 0 radical (unpaired) electrons. The van der Waals surface area contributed by atoms with E-state index in [0.29, 0.717) is 25.5 Å². The molecule has 0 aromatic heterocycles. The second-order valence-electron chi connectivity index (χ2n) is 5.37. The molecule has 0 unspecified atom stereocenters. The van der Waals surface area contributed by atoms with Crippen LogP contribution in [-0.4, -0.2) is 15.2 Å². The van der Waals surface area contributed by atoms with E-state index in [4.69, 9.17) is 23.8 Å². The molecule has 0 aliphatic carbocycles. The summed E-state index contributed by atoms with van der Waals surface area (Å²) < 4.78 is 1.33. The van der Waals surface area contributed by atoms with E-state index in [0.717, 1.165) is 4.47 Å². The number of halogens is 2. The lowest BCUT2D eigenvalue weighted by Gasteiger charge is -2.14. The highest BCUT2D eigenvalue weighted by molar-refractivity contribution is 9.10. The second kappa shape index (κ2) is 8.35. The molecule has 1 aliphatic rings. The average Bonchev–Trinajstić information content (AvgIpc) is 2.90. The van der Waals surface area contributed by atoms with Crippen molar-refractivity contribution in [3.05, 3.63) is 84.7 Å². The summed E-state index contributed by atoms with van der Waals surface area (Å²) in [6, 6.07) is 13.2. The fourth-order valence-corrected chi connectivity index (χ4v) is 4.15. The highest BCUT2D eigenvalue weighted by atomic mass is 79.9. The van der Waals surface area contributed by atoms with E-state index < -0.39 is 4.92 Å². The van der Waals surface area contributed by atoms with Crippen molar-refractivity contribution in [3.63, 3.8) is 0 Å². The Kier molecular flexibility index (Phi) is 6.11. The number of benzene rings is 2. The highest BCUT2D eigenvalue weighted by Crippen LogP contribution is 2.36. The first kappa shape index (κ1) is 19.8. The summed E-state index contributed by atoms with van der Waals surface area (Å²) in [7, 11) is 0. The number of carbonyl (C=O) groups is 1. The lowest BCUT2D eigenvalue weighted by atomic mass is 10.2. The Balaban J connectivity index is 1.82. The number of nitro benzene ring substituents is 1. The number of non-ortho nitro benzene ring substituents is 1. The number of hydrogen-bond acceptors (Lipinski definition) is 5. The van der Waals surface area contributed by atoms with Crippen LogP contribution in [0.25, 0.3) is 6.08 Å². The smallest absolute Gasteiger partial charge is 0.268 e. The first-order chi connectivity index (χ1) is 12.8. The molecule has 1 amide bonds. The SMILES string of the molecule is O=C1/C(=C/C(Cl)=C/c2ccc([N+](=O)[O-])cc2)SC(=S)N1c1ccc(Br)cc1. The molecule has 2 aromatic carbocycles. The van der Waals surface area contributed by atoms with Crippen molar-refractivity contribution >= 4 is 79.2 Å². The summed E-state index contributed by atoms with van der Waals surface area (Å²) in [5, 5.41) is 11.0. The predicted octanol–water partition coefficient (Wildman–Crippen LogP) is 5.89. The Morgan fingerprint density at radius 1 is 1.19 bits per heavy atom. The average molecular weight is 482 g/mol. The van der Waals surface area contributed by atoms with Gasteiger partial charge in [-0.1, -0.05) is 51.5 Å². The summed E-state index contributed by atoms with van der Waals surface area (Å²) >= 11 is 16.1. The zero-order valence-electron chi connectivity index (χ0n) is 13.5. The molecule has 1 saturated heterocycles. The number of rotatable bonds is 4. The van der Waals surface area contributed by atoms with Gasteiger partial charge in [-0.2, -0.15) is 0 Å². The lowest BCUT2D eigenvalue weighted by molar-refractivity contribution is -0.384. The van der Waals surface area contributed by atoms with Crippen molar-refractivity contribution in [2.24, 2.45) is 0 Å². The maximum atomic E-state index is 12.7. The Morgan fingerprint density at radius 2 is 1.81 bits per heavy atom. The minimum absolute atomic E-state index is 0.00126. The molecular weight excluding hydrogens is 472 g/mol. The molecule has 9 heteroatoms. The van der Waals surface area contributed by atoms with Crippen LogP contribution in [0, 0.1) is 10.1 Å². The first-order valence-electron chi connectivity index (χ1n) is 7.50. The number of nitro groups is 1. The van der Waals surface area contributed by atoms with Gasteiger partial charge in [-0.05, 0) is 54.1 Å². The quantitative estimate of drug-likeness (QED) is 0.236. The van der Waals surface area contributed by atoms with Crippen LogP contribution in [0.2, 0.25) is 0 Å². The van der Waals surface area contributed by atoms with Crippen molar-refractivity contribution < 1.29 is 9.72 Å². The van der Waals surface area contributed by atoms with Crippen LogP contribution in [0.4, 0.5) is 11.4 Å². The Morgan fingerprint density at radius 3 is 2.41 bits per heavy atom. The van der Waals surface area contributed by atoms with E-state index in [9.17, 15) is 14.9 Å². The van der Waals surface area contributed by atoms with Crippen molar-refractivity contribution in [2.75, 3.05) is 4.90 Å². The van der Waals surface area contributed by atoms with Gasteiger partial charge in [0.25, 0.3) is 11.6 Å². The van der Waals surface area contributed by atoms with Crippen molar-refractivity contribution in [1.29, 1.82) is 0 Å². The van der Waals surface area contributed by atoms with E-state index in [1.807, 2.05) is 12.1 Å². The Bertz CT molecular complexity index is 989. The van der Waals surface area contributed by atoms with Gasteiger partial charge in [0.1, 0.15) is 0 Å². The van der Waals surface area contributed by atoms with E-state index >= 15 is 0 Å². The van der Waals surface area contributed by atoms with Gasteiger partial charge in [0.15, 0.2) is 4.32 Å². The Labute approximate surface area is 178 Å². The number of anilines is 1. The molecular formula is C18H10BrClN2O3S2. The van der Waals surface area contributed by atoms with Gasteiger partial charge < -0.3 is 0 Å². The van der Waals surface area contributed by atoms with Gasteiger partial charge in [0.2, 0.25) is 0 Å². The highest BCUT2D eigenvalue weighted by Gasteiger charge is 2.33. The fraction of sp³-hybridized carbons (Fsp3) is 0. The van der Waals surface area contributed by atoms with Crippen LogP contribution < -0.4 is 4.90 Å². The topological polar surface area (TPSA) is 63.4 Å². The normalized spacial score (nSPS) is 16.3. The molecule has 2 aromatic rings. The molecule has 27 heavy (non-hydrogen) atoms. The van der Waals surface area contributed by atoms with Crippen molar-refractivity contribution in [2.45, 2.75) is 0 Å². The van der Waals surface area contributed by atoms with Crippen LogP contribution in [0.3, 0.4) is 0 Å². The standard InChI is InChI=1S/C18H10BrClN2O3S2/c19-12-3-7-14(8-4-12)21-17(23)16(27-18(21)26)10-13(20)9-11-1-5-15(6-2-11)22(24)25/h1-10H/b13-9-,16-10-. The summed E-state index contributed by atoms with van der Waals surface area (Å²) in [6.07, 6.45) is 3.17. The summed E-state index contributed by atoms with van der Waals surface area (Å²) in [5.41, 5.74) is 1.36. The number of hydrogen-bond donors (Lipinski definition) is 0. The predicted molar refractivity (Wildman–Crippen MR) is 117 cm³/mol. The van der Waals surface area contributed by atoms with E-state index in [2.05, 4.69) is 15.9 Å². The van der Waals surface area contributed by atoms with E-state index in [1.165, 1.54) is 28.8 Å². The molecule has 1 aliphatic heterocycles. The van der Waals surface area contributed by atoms with Gasteiger partial charge in [-0.25, -0.2) is 0 Å². The minimum atomic E-state index is -0.470. The van der Waals surface area contributed by atoms with Crippen LogP contribution in [0.15, 0.2) is 69.0 Å². The van der Waals surface area contributed by atoms with Crippen molar-refractivity contribution in [1.82, 2.24) is 0 Å². The largest absolute Gasteiger partial charge is 0.270 e. The van der Waals surface area contributed by atoms with Gasteiger partial charge in [0.05, 0.1) is 15.5 Å². The fourth-order valence-electron chi connectivity index (χ4n) is 2.30. The lowest BCUT2D eigenvalue weighted by Crippen LogP contribution is -2.27. The number of thiocarbonyl (C=S) groups is 1. The van der Waals surface area contributed by atoms with Gasteiger partial charge in [0, 0.05) is 21.6 Å². The van der Waals surface area contributed by atoms with Crippen LogP contribution in [-0.2, 0) is 4.79 Å². The maximum Gasteiger partial charge on any atom is 0.270 e. The summed E-state index contributed by atoms with van der Waals surface area (Å²) in [4.78, 5) is 24.8. The molecule has 136 valence electrons. The monoisotopic (exact) mass is 480 g/mol. The molecule has 0 bridgehead atoms. The van der Waals surface area contributed by atoms with E-state index in [1.54, 1.807) is 36.4 Å². The molecule has 3 rings (SSSR count). The molecule has 1 fully saturated rings. The first-order valence-corrected chi connectivity index (χ1v) is 9.90. The molecule has 0 atom stereocenters. The number of amides is 1.